The van der Waals surface area contributed by atoms with Gasteiger partial charge in [-0.3, -0.25) is 14.0 Å². The van der Waals surface area contributed by atoms with Crippen molar-refractivity contribution in [1.82, 2.24) is 24.7 Å². The molecule has 11 heteroatoms. The van der Waals surface area contributed by atoms with Crippen LogP contribution in [0.3, 0.4) is 0 Å². The van der Waals surface area contributed by atoms with Gasteiger partial charge in [-0.25, -0.2) is 14.8 Å². The van der Waals surface area contributed by atoms with Crippen LogP contribution >= 0.6 is 23.1 Å². The summed E-state index contributed by atoms with van der Waals surface area (Å²) in [5.41, 5.74) is 0.932. The summed E-state index contributed by atoms with van der Waals surface area (Å²) >= 11 is 2.68. The van der Waals surface area contributed by atoms with E-state index in [-0.39, 0.29) is 12.0 Å². The van der Waals surface area contributed by atoms with Crippen molar-refractivity contribution in [3.05, 3.63) is 44.7 Å². The molecule has 3 N–H and O–H groups in total. The zero-order valence-electron chi connectivity index (χ0n) is 15.6. The molecule has 0 bridgehead atoms. The number of rotatable bonds is 6. The number of hydrogen-bond donors (Lipinski definition) is 3. The monoisotopic (exact) mass is 433 g/mol. The van der Waals surface area contributed by atoms with E-state index in [1.165, 1.54) is 40.0 Å². The van der Waals surface area contributed by atoms with Crippen LogP contribution in [0.15, 0.2) is 22.3 Å². The van der Waals surface area contributed by atoms with Crippen LogP contribution < -0.4 is 10.9 Å². The maximum Gasteiger partial charge on any atom is 0.326 e. The van der Waals surface area contributed by atoms with Gasteiger partial charge in [-0.15, -0.1) is 23.1 Å². The van der Waals surface area contributed by atoms with Gasteiger partial charge in [0.15, 0.2) is 4.96 Å². The van der Waals surface area contributed by atoms with Crippen LogP contribution in [0, 0.1) is 0 Å². The average Bonchev–Trinajstić information content (AvgIpc) is 3.34. The fraction of sp³-hybridized carbons (Fsp3) is 0.389. The molecule has 0 saturated carbocycles. The Labute approximate surface area is 173 Å². The number of thioether (sulfide) groups is 1. The largest absolute Gasteiger partial charge is 0.480 e. The molecule has 0 radical (unpaired) electrons. The van der Waals surface area contributed by atoms with E-state index in [0.717, 1.165) is 36.3 Å². The maximum atomic E-state index is 13.2. The first kappa shape index (κ1) is 19.6. The Kier molecular flexibility index (Phi) is 5.41. The molecule has 4 rings (SSSR count). The van der Waals surface area contributed by atoms with Crippen LogP contribution in [-0.4, -0.2) is 48.6 Å². The Morgan fingerprint density at radius 1 is 1.41 bits per heavy atom. The Balaban J connectivity index is 1.73. The summed E-state index contributed by atoms with van der Waals surface area (Å²) in [6, 6.07) is -1.20. The minimum atomic E-state index is -1.20. The quantitative estimate of drug-likeness (QED) is 0.397. The zero-order chi connectivity index (χ0) is 20.5. The van der Waals surface area contributed by atoms with Crippen molar-refractivity contribution >= 4 is 39.9 Å². The standard InChI is InChI=1S/C18H19N5O4S2/c1-28-15-13(14(24)21-10(17(26)27)6-9-7-19-8-20-9)16(25)23-11-4-2-3-5-12(11)29-18(23)22-15/h7-8,10H,2-6H2,1H3,(H,19,20)(H,21,24)(H,26,27). The van der Waals surface area contributed by atoms with E-state index >= 15 is 0 Å². The summed E-state index contributed by atoms with van der Waals surface area (Å²) in [5, 5.41) is 12.3. The van der Waals surface area contributed by atoms with Crippen molar-refractivity contribution in [2.45, 2.75) is 43.2 Å². The molecule has 1 amide bonds. The number of fused-ring (bicyclic) bond motifs is 3. The molecular weight excluding hydrogens is 414 g/mol. The number of aliphatic carboxylic acids is 1. The Bertz CT molecular complexity index is 1140. The van der Waals surface area contributed by atoms with Crippen LogP contribution in [0.5, 0.6) is 0 Å². The lowest BCUT2D eigenvalue weighted by Gasteiger charge is -2.15. The number of carboxylic acids is 1. The molecule has 3 heterocycles. The van der Waals surface area contributed by atoms with Gasteiger partial charge in [0.05, 0.1) is 6.33 Å². The van der Waals surface area contributed by atoms with E-state index < -0.39 is 23.5 Å². The van der Waals surface area contributed by atoms with E-state index in [9.17, 15) is 19.5 Å². The predicted octanol–water partition coefficient (Wildman–Crippen LogP) is 1.51. The highest BCUT2D eigenvalue weighted by atomic mass is 32.2. The number of nitrogens with zero attached hydrogens (tertiary/aromatic N) is 3. The second-order valence-electron chi connectivity index (χ2n) is 6.74. The summed E-state index contributed by atoms with van der Waals surface area (Å²) in [5.74, 6) is -1.93. The third-order valence-electron chi connectivity index (χ3n) is 4.90. The van der Waals surface area contributed by atoms with Crippen LogP contribution in [-0.2, 0) is 24.1 Å². The zero-order valence-corrected chi connectivity index (χ0v) is 17.2. The summed E-state index contributed by atoms with van der Waals surface area (Å²) in [6.07, 6.45) is 8.44. The van der Waals surface area contributed by atoms with E-state index in [2.05, 4.69) is 20.3 Å². The minimum absolute atomic E-state index is 0.0283. The molecule has 1 atom stereocenters. The molecule has 0 spiro atoms. The van der Waals surface area contributed by atoms with Gasteiger partial charge in [0.2, 0.25) is 0 Å². The van der Waals surface area contributed by atoms with Crippen molar-refractivity contribution in [3.8, 4) is 0 Å². The van der Waals surface area contributed by atoms with Crippen LogP contribution in [0.25, 0.3) is 4.96 Å². The van der Waals surface area contributed by atoms with Gasteiger partial charge in [-0.05, 0) is 31.9 Å². The number of carboxylic acid groups (broad SMARTS) is 1. The lowest BCUT2D eigenvalue weighted by atomic mass is 10.0. The molecule has 1 unspecified atom stereocenters. The molecular formula is C18H19N5O4S2. The van der Waals surface area contributed by atoms with E-state index in [1.807, 2.05) is 0 Å². The van der Waals surface area contributed by atoms with Gasteiger partial charge in [0.25, 0.3) is 11.5 Å². The van der Waals surface area contributed by atoms with Gasteiger partial charge in [0, 0.05) is 28.9 Å². The van der Waals surface area contributed by atoms with E-state index in [1.54, 1.807) is 6.26 Å². The average molecular weight is 434 g/mol. The normalized spacial score (nSPS) is 14.5. The second-order valence-corrected chi connectivity index (χ2v) is 8.60. The third-order valence-corrected chi connectivity index (χ3v) is 6.72. The third kappa shape index (κ3) is 3.67. The van der Waals surface area contributed by atoms with Crippen molar-refractivity contribution in [2.75, 3.05) is 6.26 Å². The van der Waals surface area contributed by atoms with Gasteiger partial charge >= 0.3 is 5.97 Å². The molecule has 3 aromatic rings. The molecule has 1 aliphatic rings. The maximum absolute atomic E-state index is 13.2. The minimum Gasteiger partial charge on any atom is -0.480 e. The van der Waals surface area contributed by atoms with Crippen molar-refractivity contribution in [1.29, 1.82) is 0 Å². The van der Waals surface area contributed by atoms with Gasteiger partial charge in [-0.1, -0.05) is 0 Å². The molecule has 1 aliphatic carbocycles. The smallest absolute Gasteiger partial charge is 0.326 e. The molecule has 152 valence electrons. The number of hydrogen-bond acceptors (Lipinski definition) is 7. The number of carbonyl (C=O) groups excluding carboxylic acids is 1. The molecule has 0 fully saturated rings. The number of aromatic amines is 1. The summed E-state index contributed by atoms with van der Waals surface area (Å²) in [6.45, 7) is 0. The molecule has 29 heavy (non-hydrogen) atoms. The number of amides is 1. The van der Waals surface area contributed by atoms with Crippen LogP contribution in [0.4, 0.5) is 0 Å². The summed E-state index contributed by atoms with van der Waals surface area (Å²) in [4.78, 5) is 50.8. The highest BCUT2D eigenvalue weighted by molar-refractivity contribution is 7.98. The molecule has 3 aromatic heterocycles. The summed E-state index contributed by atoms with van der Waals surface area (Å²) < 4.78 is 1.53. The number of imidazole rings is 1. The fourth-order valence-corrected chi connectivity index (χ4v) is 5.32. The number of thiazole rings is 1. The Hall–Kier alpha value is -2.66. The number of aryl methyl sites for hydroxylation is 2. The van der Waals surface area contributed by atoms with Crippen LogP contribution in [0.1, 0.15) is 39.5 Å². The lowest BCUT2D eigenvalue weighted by Crippen LogP contribution is -2.44. The van der Waals surface area contributed by atoms with Crippen molar-refractivity contribution < 1.29 is 14.7 Å². The first-order chi connectivity index (χ1) is 14.0. The van der Waals surface area contributed by atoms with Crippen molar-refractivity contribution in [3.63, 3.8) is 0 Å². The number of nitrogens with one attached hydrogen (secondary N) is 2. The number of aromatic nitrogens is 4. The predicted molar refractivity (Wildman–Crippen MR) is 109 cm³/mol. The van der Waals surface area contributed by atoms with Gasteiger partial charge < -0.3 is 15.4 Å². The highest BCUT2D eigenvalue weighted by Crippen LogP contribution is 2.29. The molecule has 0 aromatic carbocycles. The topological polar surface area (TPSA) is 129 Å². The Morgan fingerprint density at radius 3 is 2.90 bits per heavy atom. The molecule has 9 nitrogen and oxygen atoms in total. The van der Waals surface area contributed by atoms with Crippen LogP contribution in [0.2, 0.25) is 0 Å². The number of H-pyrrole nitrogens is 1. The van der Waals surface area contributed by atoms with Crippen molar-refractivity contribution in [2.24, 2.45) is 0 Å². The van der Waals surface area contributed by atoms with E-state index in [0.29, 0.717) is 15.7 Å². The first-order valence-corrected chi connectivity index (χ1v) is 11.2. The Morgan fingerprint density at radius 2 is 2.21 bits per heavy atom. The number of carbonyl (C=O) groups is 2. The van der Waals surface area contributed by atoms with Gasteiger partial charge in [0.1, 0.15) is 16.6 Å². The molecule has 0 aliphatic heterocycles. The SMILES string of the molecule is CSc1nc2sc3c(n2c(=O)c1C(=O)NC(Cc1cnc[nH]1)C(=O)O)CCCC3. The molecule has 0 saturated heterocycles. The second kappa shape index (κ2) is 7.99. The fourth-order valence-electron chi connectivity index (χ4n) is 3.50. The first-order valence-electron chi connectivity index (χ1n) is 9.11. The highest BCUT2D eigenvalue weighted by Gasteiger charge is 2.28. The van der Waals surface area contributed by atoms with Gasteiger partial charge in [-0.2, -0.15) is 0 Å². The summed E-state index contributed by atoms with van der Waals surface area (Å²) in [7, 11) is 0. The van der Waals surface area contributed by atoms with E-state index in [4.69, 9.17) is 0 Å². The lowest BCUT2D eigenvalue weighted by molar-refractivity contribution is -0.139.